The average Bonchev–Trinajstić information content (AvgIpc) is 2.54. The third-order valence-corrected chi connectivity index (χ3v) is 5.13. The van der Waals surface area contributed by atoms with Crippen molar-refractivity contribution < 1.29 is 9.80 Å². The van der Waals surface area contributed by atoms with Crippen LogP contribution in [0.5, 0.6) is 0 Å². The van der Waals surface area contributed by atoms with Crippen molar-refractivity contribution in [1.29, 1.82) is 0 Å². The molecule has 22 heavy (non-hydrogen) atoms. The van der Waals surface area contributed by atoms with Gasteiger partial charge in [0.05, 0.1) is 0 Å². The molecule has 1 saturated heterocycles. The predicted octanol–water partition coefficient (Wildman–Crippen LogP) is 1.13. The van der Waals surface area contributed by atoms with E-state index in [1.165, 1.54) is 42.9 Å². The van der Waals surface area contributed by atoms with E-state index in [9.17, 15) is 0 Å². The quantitative estimate of drug-likeness (QED) is 0.837. The second-order valence-corrected chi connectivity index (χ2v) is 6.78. The second kappa shape index (κ2) is 7.28. The fraction of sp³-hybridized carbons (Fsp3) is 0.368. The van der Waals surface area contributed by atoms with Crippen molar-refractivity contribution >= 4 is 11.6 Å². The van der Waals surface area contributed by atoms with Crippen LogP contribution in [0.2, 0.25) is 5.02 Å². The molecular formula is C19H25ClN2+2. The summed E-state index contributed by atoms with van der Waals surface area (Å²) in [6.45, 7) is 9.37. The molecule has 0 spiro atoms. The summed E-state index contributed by atoms with van der Waals surface area (Å²) in [5.74, 6) is 0. The summed E-state index contributed by atoms with van der Waals surface area (Å²) in [5, 5.41) is 0.907. The third kappa shape index (κ3) is 3.89. The Morgan fingerprint density at radius 1 is 0.773 bits per heavy atom. The Morgan fingerprint density at radius 2 is 1.27 bits per heavy atom. The first kappa shape index (κ1) is 15.5. The van der Waals surface area contributed by atoms with Gasteiger partial charge in [0.25, 0.3) is 0 Å². The van der Waals surface area contributed by atoms with Gasteiger partial charge in [-0.1, -0.05) is 54.1 Å². The molecule has 2 N–H and O–H groups in total. The van der Waals surface area contributed by atoms with Crippen molar-refractivity contribution in [3.63, 3.8) is 0 Å². The zero-order valence-electron chi connectivity index (χ0n) is 13.2. The van der Waals surface area contributed by atoms with E-state index < -0.39 is 0 Å². The van der Waals surface area contributed by atoms with Gasteiger partial charge >= 0.3 is 0 Å². The molecule has 0 saturated carbocycles. The Balaban J connectivity index is 1.52. The largest absolute Gasteiger partial charge is 0.322 e. The van der Waals surface area contributed by atoms with Crippen LogP contribution in [-0.4, -0.2) is 26.2 Å². The molecule has 3 heteroatoms. The second-order valence-electron chi connectivity index (χ2n) is 6.37. The van der Waals surface area contributed by atoms with Crippen LogP contribution in [0.4, 0.5) is 0 Å². The Bertz CT molecular complexity index is 563. The molecule has 0 amide bonds. The van der Waals surface area contributed by atoms with Gasteiger partial charge in [-0.05, 0) is 18.6 Å². The monoisotopic (exact) mass is 316 g/mol. The standard InChI is InChI=1S/C19H23ClN2/c1-16-6-2-3-7-17(16)14-21-10-12-22(13-11-21)15-18-8-4-5-9-19(18)20/h2-9H,10-15H2,1H3/p+2. The molecule has 2 aromatic carbocycles. The summed E-state index contributed by atoms with van der Waals surface area (Å²) in [7, 11) is 0. The molecule has 0 radical (unpaired) electrons. The molecule has 1 fully saturated rings. The molecule has 2 nitrogen and oxygen atoms in total. The van der Waals surface area contributed by atoms with Crippen LogP contribution in [0.1, 0.15) is 16.7 Å². The van der Waals surface area contributed by atoms with Crippen molar-refractivity contribution in [3.05, 3.63) is 70.2 Å². The van der Waals surface area contributed by atoms with E-state index in [4.69, 9.17) is 11.6 Å². The number of aryl methyl sites for hydroxylation is 1. The van der Waals surface area contributed by atoms with Crippen LogP contribution in [0, 0.1) is 6.92 Å². The van der Waals surface area contributed by atoms with E-state index >= 15 is 0 Å². The summed E-state index contributed by atoms with van der Waals surface area (Å²) in [6.07, 6.45) is 0. The van der Waals surface area contributed by atoms with Crippen molar-refractivity contribution in [2.75, 3.05) is 26.2 Å². The molecule has 0 atom stereocenters. The summed E-state index contributed by atoms with van der Waals surface area (Å²) in [6, 6.07) is 17.0. The normalized spacial score (nSPS) is 21.7. The molecule has 3 rings (SSSR count). The van der Waals surface area contributed by atoms with Crippen molar-refractivity contribution in [2.24, 2.45) is 0 Å². The highest BCUT2D eigenvalue weighted by atomic mass is 35.5. The molecule has 116 valence electrons. The number of rotatable bonds is 4. The van der Waals surface area contributed by atoms with Crippen molar-refractivity contribution in [2.45, 2.75) is 20.0 Å². The lowest BCUT2D eigenvalue weighted by atomic mass is 10.1. The fourth-order valence-electron chi connectivity index (χ4n) is 3.30. The van der Waals surface area contributed by atoms with Crippen molar-refractivity contribution in [1.82, 2.24) is 0 Å². The molecule has 0 bridgehead atoms. The number of hydrogen-bond acceptors (Lipinski definition) is 0. The molecule has 0 aliphatic carbocycles. The van der Waals surface area contributed by atoms with Gasteiger partial charge in [-0.3, -0.25) is 0 Å². The topological polar surface area (TPSA) is 8.88 Å². The lowest BCUT2D eigenvalue weighted by Gasteiger charge is -2.30. The zero-order valence-corrected chi connectivity index (χ0v) is 14.0. The molecule has 1 aliphatic rings. The van der Waals surface area contributed by atoms with E-state index in [-0.39, 0.29) is 0 Å². The van der Waals surface area contributed by atoms with E-state index in [1.54, 1.807) is 9.80 Å². The predicted molar refractivity (Wildman–Crippen MR) is 91.4 cm³/mol. The maximum absolute atomic E-state index is 6.28. The van der Waals surface area contributed by atoms with Crippen LogP contribution >= 0.6 is 11.6 Å². The lowest BCUT2D eigenvalue weighted by Crippen LogP contribution is -3.27. The van der Waals surface area contributed by atoms with Gasteiger partial charge in [0.2, 0.25) is 0 Å². The highest BCUT2D eigenvalue weighted by Gasteiger charge is 2.23. The van der Waals surface area contributed by atoms with Gasteiger partial charge in [0, 0.05) is 16.1 Å². The fourth-order valence-corrected chi connectivity index (χ4v) is 3.50. The molecule has 1 heterocycles. The SMILES string of the molecule is Cc1ccccc1C[NH+]1CC[NH+](Cc2ccccc2Cl)CC1. The number of halogens is 1. The van der Waals surface area contributed by atoms with Gasteiger partial charge in [-0.2, -0.15) is 0 Å². The molecule has 2 aromatic rings. The maximum atomic E-state index is 6.28. The van der Waals surface area contributed by atoms with Gasteiger partial charge in [0.1, 0.15) is 39.3 Å². The van der Waals surface area contributed by atoms with E-state index in [1.807, 2.05) is 12.1 Å². The number of quaternary nitrogens is 2. The highest BCUT2D eigenvalue weighted by Crippen LogP contribution is 2.13. The van der Waals surface area contributed by atoms with Crippen LogP contribution in [0.3, 0.4) is 0 Å². The summed E-state index contributed by atoms with van der Waals surface area (Å²) < 4.78 is 0. The summed E-state index contributed by atoms with van der Waals surface area (Å²) in [4.78, 5) is 3.36. The lowest BCUT2D eigenvalue weighted by molar-refractivity contribution is -1.02. The minimum atomic E-state index is 0.907. The maximum Gasteiger partial charge on any atom is 0.127 e. The van der Waals surface area contributed by atoms with Crippen LogP contribution in [0.15, 0.2) is 48.5 Å². The van der Waals surface area contributed by atoms with Gasteiger partial charge in [-0.15, -0.1) is 0 Å². The third-order valence-electron chi connectivity index (χ3n) is 4.76. The first-order valence-electron chi connectivity index (χ1n) is 8.17. The number of hydrogen-bond donors (Lipinski definition) is 2. The Kier molecular flexibility index (Phi) is 5.14. The molecular weight excluding hydrogens is 292 g/mol. The molecule has 0 aromatic heterocycles. The van der Waals surface area contributed by atoms with Gasteiger partial charge in [-0.25, -0.2) is 0 Å². The first-order chi connectivity index (χ1) is 10.7. The highest BCUT2D eigenvalue weighted by molar-refractivity contribution is 6.31. The van der Waals surface area contributed by atoms with Gasteiger partial charge in [0.15, 0.2) is 0 Å². The average molecular weight is 317 g/mol. The smallest absolute Gasteiger partial charge is 0.127 e. The van der Waals surface area contributed by atoms with Crippen molar-refractivity contribution in [3.8, 4) is 0 Å². The zero-order chi connectivity index (χ0) is 15.4. The molecule has 0 unspecified atom stereocenters. The Labute approximate surface area is 138 Å². The number of piperazine rings is 1. The Hall–Kier alpha value is -1.35. The Morgan fingerprint density at radius 3 is 1.86 bits per heavy atom. The summed E-state index contributed by atoms with van der Waals surface area (Å²) in [5.41, 5.74) is 4.19. The van der Waals surface area contributed by atoms with Crippen LogP contribution in [-0.2, 0) is 13.1 Å². The summed E-state index contributed by atoms with van der Waals surface area (Å²) >= 11 is 6.28. The number of nitrogens with one attached hydrogen (secondary N) is 2. The van der Waals surface area contributed by atoms with Crippen LogP contribution < -0.4 is 9.80 Å². The van der Waals surface area contributed by atoms with E-state index in [0.29, 0.717) is 0 Å². The van der Waals surface area contributed by atoms with E-state index in [0.717, 1.165) is 18.1 Å². The first-order valence-corrected chi connectivity index (χ1v) is 8.55. The minimum Gasteiger partial charge on any atom is -0.322 e. The number of benzene rings is 2. The molecule has 1 aliphatic heterocycles. The van der Waals surface area contributed by atoms with Gasteiger partial charge < -0.3 is 9.80 Å². The van der Waals surface area contributed by atoms with Crippen LogP contribution in [0.25, 0.3) is 0 Å². The van der Waals surface area contributed by atoms with E-state index in [2.05, 4.69) is 43.3 Å². The minimum absolute atomic E-state index is 0.907.